The summed E-state index contributed by atoms with van der Waals surface area (Å²) in [5.74, 6) is 2.50. The zero-order chi connectivity index (χ0) is 19.0. The van der Waals surface area contributed by atoms with E-state index in [2.05, 4.69) is 0 Å². The molecule has 0 aromatic heterocycles. The van der Waals surface area contributed by atoms with Crippen molar-refractivity contribution in [1.29, 1.82) is 0 Å². The molecule has 0 radical (unpaired) electrons. The average molecular weight is 372 g/mol. The van der Waals surface area contributed by atoms with Crippen LogP contribution in [-0.4, -0.2) is 44.4 Å². The van der Waals surface area contributed by atoms with Gasteiger partial charge >= 0.3 is 0 Å². The third-order valence-corrected chi connectivity index (χ3v) is 5.70. The first-order valence-corrected chi connectivity index (χ1v) is 9.06. The highest BCUT2D eigenvalue weighted by atomic mass is 16.7. The lowest BCUT2D eigenvalue weighted by atomic mass is 9.67. The lowest BCUT2D eigenvalue weighted by Crippen LogP contribution is -2.35. The Bertz CT molecular complexity index is 834. The van der Waals surface area contributed by atoms with E-state index >= 15 is 0 Å². The molecule has 6 nitrogen and oxygen atoms in total. The summed E-state index contributed by atoms with van der Waals surface area (Å²) in [5.41, 5.74) is 3.19. The van der Waals surface area contributed by atoms with Gasteiger partial charge in [0.1, 0.15) is 0 Å². The first-order chi connectivity index (χ1) is 13.2. The minimum absolute atomic E-state index is 0.0140. The molecule has 0 saturated heterocycles. The third kappa shape index (κ3) is 2.99. The smallest absolute Gasteiger partial charge is 0.231 e. The largest absolute Gasteiger partial charge is 0.493 e. The maximum Gasteiger partial charge on any atom is 0.231 e. The molecule has 2 aliphatic rings. The monoisotopic (exact) mass is 372 g/mol. The highest BCUT2D eigenvalue weighted by molar-refractivity contribution is 5.54. The molecular formula is C21H24O6. The summed E-state index contributed by atoms with van der Waals surface area (Å²) in [6.45, 7) is 0.214. The van der Waals surface area contributed by atoms with Gasteiger partial charge < -0.3 is 29.2 Å². The second-order valence-electron chi connectivity index (χ2n) is 6.99. The standard InChI is InChI=1S/C21H24O6/c1-24-18-7-13-5-14(9-22)16(10-23)21(15(13)8-19(18)25-2)12-3-4-17-20(6-12)27-11-26-17/h3-4,6-8,14,16,21-23H,5,9-11H2,1-2H3/t14-,16-,21-/m1/s1. The number of benzene rings is 2. The number of hydrogen-bond acceptors (Lipinski definition) is 6. The molecule has 0 saturated carbocycles. The van der Waals surface area contributed by atoms with Gasteiger partial charge in [0.2, 0.25) is 6.79 Å². The van der Waals surface area contributed by atoms with Crippen molar-refractivity contribution >= 4 is 0 Å². The van der Waals surface area contributed by atoms with Crippen LogP contribution in [0.3, 0.4) is 0 Å². The third-order valence-electron chi connectivity index (χ3n) is 5.70. The minimum atomic E-state index is -0.110. The lowest BCUT2D eigenvalue weighted by Gasteiger charge is -2.39. The van der Waals surface area contributed by atoms with Gasteiger partial charge in [-0.2, -0.15) is 0 Å². The van der Waals surface area contributed by atoms with E-state index in [0.29, 0.717) is 23.7 Å². The second-order valence-corrected chi connectivity index (χ2v) is 6.99. The van der Waals surface area contributed by atoms with Crippen molar-refractivity contribution in [2.24, 2.45) is 11.8 Å². The number of aliphatic hydroxyl groups is 2. The number of methoxy groups -OCH3 is 2. The Kier molecular flexibility index (Phi) is 4.85. The maximum atomic E-state index is 10.1. The normalized spacial score (nSPS) is 23.0. The molecule has 0 fully saturated rings. The minimum Gasteiger partial charge on any atom is -0.493 e. The first-order valence-electron chi connectivity index (χ1n) is 9.06. The Hall–Kier alpha value is -2.44. The van der Waals surface area contributed by atoms with Crippen LogP contribution in [0.1, 0.15) is 22.6 Å². The van der Waals surface area contributed by atoms with Crippen LogP contribution < -0.4 is 18.9 Å². The van der Waals surface area contributed by atoms with Crippen molar-refractivity contribution < 1.29 is 29.2 Å². The summed E-state index contributed by atoms with van der Waals surface area (Å²) in [7, 11) is 3.23. The van der Waals surface area contributed by atoms with E-state index in [0.717, 1.165) is 22.4 Å². The SMILES string of the molecule is COc1cc2c(cc1OC)[C@@H](c1ccc3c(c1)OCO3)[C@H](CO)[C@@H](CO)C2. The van der Waals surface area contributed by atoms with E-state index in [4.69, 9.17) is 18.9 Å². The van der Waals surface area contributed by atoms with Gasteiger partial charge in [-0.15, -0.1) is 0 Å². The van der Waals surface area contributed by atoms with Gasteiger partial charge in [0.25, 0.3) is 0 Å². The number of hydrogen-bond donors (Lipinski definition) is 2. The van der Waals surface area contributed by atoms with E-state index in [1.165, 1.54) is 0 Å². The summed E-state index contributed by atoms with van der Waals surface area (Å²) in [6.07, 6.45) is 0.679. The molecule has 4 rings (SSSR count). The number of ether oxygens (including phenoxy) is 4. The van der Waals surface area contributed by atoms with Crippen LogP contribution in [0.25, 0.3) is 0 Å². The van der Waals surface area contributed by atoms with Crippen LogP contribution >= 0.6 is 0 Å². The van der Waals surface area contributed by atoms with Gasteiger partial charge in [0.15, 0.2) is 23.0 Å². The summed E-state index contributed by atoms with van der Waals surface area (Å²) < 4.78 is 21.9. The molecule has 1 aliphatic carbocycles. The van der Waals surface area contributed by atoms with Gasteiger partial charge in [-0.3, -0.25) is 0 Å². The van der Waals surface area contributed by atoms with E-state index in [1.807, 2.05) is 30.3 Å². The highest BCUT2D eigenvalue weighted by Crippen LogP contribution is 2.48. The Morgan fingerprint density at radius 2 is 1.70 bits per heavy atom. The van der Waals surface area contributed by atoms with E-state index in [-0.39, 0.29) is 37.8 Å². The molecule has 0 spiro atoms. The highest BCUT2D eigenvalue weighted by Gasteiger charge is 2.38. The fourth-order valence-corrected chi connectivity index (χ4v) is 4.33. The zero-order valence-corrected chi connectivity index (χ0v) is 15.5. The van der Waals surface area contributed by atoms with Gasteiger partial charge in [-0.25, -0.2) is 0 Å². The molecule has 3 atom stereocenters. The van der Waals surface area contributed by atoms with Gasteiger partial charge in [-0.1, -0.05) is 6.07 Å². The van der Waals surface area contributed by atoms with E-state index in [9.17, 15) is 10.2 Å². The molecule has 0 bridgehead atoms. The van der Waals surface area contributed by atoms with Crippen molar-refractivity contribution in [3.63, 3.8) is 0 Å². The van der Waals surface area contributed by atoms with Crippen molar-refractivity contribution in [2.75, 3.05) is 34.2 Å². The fourth-order valence-electron chi connectivity index (χ4n) is 4.33. The summed E-state index contributed by atoms with van der Waals surface area (Å²) in [6, 6.07) is 9.83. The molecular weight excluding hydrogens is 348 g/mol. The van der Waals surface area contributed by atoms with Crippen molar-refractivity contribution in [1.82, 2.24) is 0 Å². The predicted molar refractivity (Wildman–Crippen MR) is 98.8 cm³/mol. The van der Waals surface area contributed by atoms with Crippen LogP contribution in [0, 0.1) is 11.8 Å². The zero-order valence-electron chi connectivity index (χ0n) is 15.5. The summed E-state index contributed by atoms with van der Waals surface area (Å²) in [4.78, 5) is 0. The molecule has 1 aliphatic heterocycles. The van der Waals surface area contributed by atoms with Crippen LogP contribution in [0.2, 0.25) is 0 Å². The molecule has 2 aromatic carbocycles. The Morgan fingerprint density at radius 3 is 2.41 bits per heavy atom. The van der Waals surface area contributed by atoms with Crippen molar-refractivity contribution in [3.8, 4) is 23.0 Å². The predicted octanol–water partition coefficient (Wildman–Crippen LogP) is 2.34. The van der Waals surface area contributed by atoms with Gasteiger partial charge in [-0.05, 0) is 59.2 Å². The topological polar surface area (TPSA) is 77.4 Å². The van der Waals surface area contributed by atoms with E-state index < -0.39 is 0 Å². The van der Waals surface area contributed by atoms with Crippen LogP contribution in [0.5, 0.6) is 23.0 Å². The van der Waals surface area contributed by atoms with Crippen LogP contribution in [0.15, 0.2) is 30.3 Å². The maximum absolute atomic E-state index is 10.1. The molecule has 0 amide bonds. The molecule has 2 aromatic rings. The number of rotatable bonds is 5. The molecule has 6 heteroatoms. The summed E-state index contributed by atoms with van der Waals surface area (Å²) in [5, 5.41) is 20.1. The van der Waals surface area contributed by atoms with E-state index in [1.54, 1.807) is 14.2 Å². The number of fused-ring (bicyclic) bond motifs is 2. The quantitative estimate of drug-likeness (QED) is 0.839. The lowest BCUT2D eigenvalue weighted by molar-refractivity contribution is 0.101. The number of aliphatic hydroxyl groups excluding tert-OH is 2. The Labute approximate surface area is 158 Å². The summed E-state index contributed by atoms with van der Waals surface area (Å²) >= 11 is 0. The second kappa shape index (κ2) is 7.29. The molecule has 27 heavy (non-hydrogen) atoms. The van der Waals surface area contributed by atoms with Gasteiger partial charge in [0.05, 0.1) is 14.2 Å². The molecule has 144 valence electrons. The molecule has 2 N–H and O–H groups in total. The first kappa shape index (κ1) is 17.9. The van der Waals surface area contributed by atoms with Crippen molar-refractivity contribution in [3.05, 3.63) is 47.0 Å². The Morgan fingerprint density at radius 1 is 0.963 bits per heavy atom. The molecule has 1 heterocycles. The average Bonchev–Trinajstić information content (AvgIpc) is 3.18. The van der Waals surface area contributed by atoms with Crippen LogP contribution in [0.4, 0.5) is 0 Å². The molecule has 0 unspecified atom stereocenters. The Balaban J connectivity index is 1.87. The fraction of sp³-hybridized carbons (Fsp3) is 0.429. The van der Waals surface area contributed by atoms with Crippen molar-refractivity contribution in [2.45, 2.75) is 12.3 Å². The van der Waals surface area contributed by atoms with Gasteiger partial charge in [0, 0.05) is 19.1 Å². The van der Waals surface area contributed by atoms with Crippen LogP contribution in [-0.2, 0) is 6.42 Å².